The Labute approximate surface area is 107 Å². The highest BCUT2D eigenvalue weighted by Crippen LogP contribution is 2.33. The first-order valence-electron chi connectivity index (χ1n) is 5.28. The number of thiophene rings is 1. The molecule has 0 spiro atoms. The van der Waals surface area contributed by atoms with Crippen molar-refractivity contribution in [2.45, 2.75) is 33.0 Å². The second-order valence-corrected chi connectivity index (χ2v) is 5.86. The van der Waals surface area contributed by atoms with Gasteiger partial charge in [-0.25, -0.2) is 4.79 Å². The average molecular weight is 280 g/mol. The number of rotatable bonds is 2. The summed E-state index contributed by atoms with van der Waals surface area (Å²) in [4.78, 5) is 11.5. The maximum absolute atomic E-state index is 12.8. The van der Waals surface area contributed by atoms with Crippen molar-refractivity contribution in [1.29, 1.82) is 0 Å². The number of alkyl halides is 3. The number of carbonyl (C=O) groups excluding carboxylic acids is 1. The molecule has 1 aromatic heterocycles. The Morgan fingerprint density at radius 1 is 1.33 bits per heavy atom. The fourth-order valence-corrected chi connectivity index (χ4v) is 2.03. The predicted octanol–water partition coefficient (Wildman–Crippen LogP) is 3.85. The minimum Gasteiger partial charge on any atom is -0.325 e. The van der Waals surface area contributed by atoms with E-state index < -0.39 is 23.7 Å². The maximum Gasteiger partial charge on any atom is 0.409 e. The van der Waals surface area contributed by atoms with Gasteiger partial charge in [0, 0.05) is 0 Å². The van der Waals surface area contributed by atoms with Crippen LogP contribution in [-0.4, -0.2) is 18.2 Å². The monoisotopic (exact) mass is 280 g/mol. The summed E-state index contributed by atoms with van der Waals surface area (Å²) in [6.07, 6.45) is -4.48. The first kappa shape index (κ1) is 14.8. The van der Waals surface area contributed by atoms with Crippen LogP contribution in [0, 0.1) is 5.41 Å². The number of carbonyl (C=O) groups is 1. The molecular weight excluding hydrogens is 265 g/mol. The van der Waals surface area contributed by atoms with Gasteiger partial charge in [0.1, 0.15) is 6.04 Å². The van der Waals surface area contributed by atoms with Gasteiger partial charge in [-0.2, -0.15) is 13.2 Å². The van der Waals surface area contributed by atoms with E-state index in [1.807, 2.05) is 5.32 Å². The molecule has 3 nitrogen and oxygen atoms in total. The minimum atomic E-state index is -4.48. The molecule has 0 aliphatic carbocycles. The fraction of sp³-hybridized carbons (Fsp3) is 0.545. The van der Waals surface area contributed by atoms with Gasteiger partial charge in [-0.1, -0.05) is 20.8 Å². The third kappa shape index (κ3) is 4.21. The Kier molecular flexibility index (Phi) is 4.26. The highest BCUT2D eigenvalue weighted by Gasteiger charge is 2.47. The van der Waals surface area contributed by atoms with Gasteiger partial charge in [0.15, 0.2) is 0 Å². The largest absolute Gasteiger partial charge is 0.409 e. The summed E-state index contributed by atoms with van der Waals surface area (Å²) in [5, 5.41) is 6.56. The van der Waals surface area contributed by atoms with Gasteiger partial charge in [-0.3, -0.25) is 5.32 Å². The summed E-state index contributed by atoms with van der Waals surface area (Å²) in [7, 11) is 0. The van der Waals surface area contributed by atoms with E-state index in [1.54, 1.807) is 17.5 Å². The average Bonchev–Trinajstić information content (AvgIpc) is 2.63. The molecule has 18 heavy (non-hydrogen) atoms. The Balaban J connectivity index is 2.70. The van der Waals surface area contributed by atoms with Crippen LogP contribution in [-0.2, 0) is 0 Å². The zero-order valence-corrected chi connectivity index (χ0v) is 11.1. The molecule has 0 bridgehead atoms. The molecule has 0 radical (unpaired) electrons. The molecule has 7 heteroatoms. The zero-order chi connectivity index (χ0) is 14.0. The maximum atomic E-state index is 12.8. The van der Waals surface area contributed by atoms with Crippen molar-refractivity contribution in [2.75, 3.05) is 5.32 Å². The summed E-state index contributed by atoms with van der Waals surface area (Å²) in [6.45, 7) is 4.28. The molecule has 2 N–H and O–H groups in total. The Morgan fingerprint density at radius 2 is 1.94 bits per heavy atom. The molecule has 1 rings (SSSR count). The Morgan fingerprint density at radius 3 is 2.33 bits per heavy atom. The van der Waals surface area contributed by atoms with E-state index in [1.165, 1.54) is 32.1 Å². The lowest BCUT2D eigenvalue weighted by Crippen LogP contribution is -2.54. The van der Waals surface area contributed by atoms with E-state index in [2.05, 4.69) is 5.32 Å². The topological polar surface area (TPSA) is 41.1 Å². The summed E-state index contributed by atoms with van der Waals surface area (Å²) in [5.41, 5.74) is -1.11. The highest BCUT2D eigenvalue weighted by atomic mass is 32.1. The molecule has 0 saturated heterocycles. The number of hydrogen-bond acceptors (Lipinski definition) is 2. The molecule has 1 heterocycles. The standard InChI is InChI=1S/C11H15F3N2OS/c1-10(2,3)8(11(12,13)14)16-9(17)15-7-5-4-6-18-7/h4-6,8H,1-3H3,(H2,15,16,17)/t8-/m0/s1. The lowest BCUT2D eigenvalue weighted by molar-refractivity contribution is -0.174. The van der Waals surface area contributed by atoms with Gasteiger partial charge in [-0.05, 0) is 22.9 Å². The van der Waals surface area contributed by atoms with Crippen molar-refractivity contribution < 1.29 is 18.0 Å². The van der Waals surface area contributed by atoms with Gasteiger partial charge >= 0.3 is 12.2 Å². The van der Waals surface area contributed by atoms with Crippen LogP contribution < -0.4 is 10.6 Å². The fourth-order valence-electron chi connectivity index (χ4n) is 1.42. The van der Waals surface area contributed by atoms with Crippen molar-refractivity contribution in [3.8, 4) is 0 Å². The number of anilines is 1. The van der Waals surface area contributed by atoms with Crippen LogP contribution in [0.2, 0.25) is 0 Å². The number of nitrogens with one attached hydrogen (secondary N) is 2. The number of hydrogen-bond donors (Lipinski definition) is 2. The summed E-state index contributed by atoms with van der Waals surface area (Å²) in [6, 6.07) is 0.564. The molecule has 2 amide bonds. The molecule has 1 aromatic rings. The minimum absolute atomic E-state index is 0.502. The molecule has 0 saturated carbocycles. The van der Waals surface area contributed by atoms with E-state index in [9.17, 15) is 18.0 Å². The Bertz CT molecular complexity index is 381. The first-order chi connectivity index (χ1) is 8.10. The van der Waals surface area contributed by atoms with Crippen LogP contribution in [0.1, 0.15) is 20.8 Å². The first-order valence-corrected chi connectivity index (χ1v) is 6.16. The molecule has 0 aromatic carbocycles. The van der Waals surface area contributed by atoms with E-state index in [0.717, 1.165) is 0 Å². The second-order valence-electron chi connectivity index (χ2n) is 4.92. The normalized spacial score (nSPS) is 14.1. The van der Waals surface area contributed by atoms with Crippen molar-refractivity contribution in [2.24, 2.45) is 5.41 Å². The SMILES string of the molecule is CC(C)(C)[C@H](NC(=O)Nc1cccs1)C(F)(F)F. The summed E-state index contributed by atoms with van der Waals surface area (Å²) >= 11 is 1.24. The molecule has 1 atom stereocenters. The van der Waals surface area contributed by atoms with Gasteiger partial charge in [0.2, 0.25) is 0 Å². The molecule has 0 aliphatic heterocycles. The summed E-state index contributed by atoms with van der Waals surface area (Å²) < 4.78 is 38.4. The molecule has 0 unspecified atom stereocenters. The quantitative estimate of drug-likeness (QED) is 0.849. The van der Waals surface area contributed by atoms with Crippen molar-refractivity contribution in [1.82, 2.24) is 5.32 Å². The van der Waals surface area contributed by atoms with E-state index in [4.69, 9.17) is 0 Å². The van der Waals surface area contributed by atoms with Crippen LogP contribution in [0.25, 0.3) is 0 Å². The molecule has 0 fully saturated rings. The second kappa shape index (κ2) is 5.17. The molecule has 102 valence electrons. The highest BCUT2D eigenvalue weighted by molar-refractivity contribution is 7.14. The predicted molar refractivity (Wildman–Crippen MR) is 65.8 cm³/mol. The van der Waals surface area contributed by atoms with Crippen LogP contribution in [0.3, 0.4) is 0 Å². The van der Waals surface area contributed by atoms with Crippen molar-refractivity contribution in [3.63, 3.8) is 0 Å². The van der Waals surface area contributed by atoms with Crippen LogP contribution in [0.4, 0.5) is 23.0 Å². The number of amides is 2. The molecular formula is C11H15F3N2OS. The van der Waals surface area contributed by atoms with Gasteiger partial charge in [0.05, 0.1) is 5.00 Å². The smallest absolute Gasteiger partial charge is 0.325 e. The van der Waals surface area contributed by atoms with Crippen molar-refractivity contribution in [3.05, 3.63) is 17.5 Å². The van der Waals surface area contributed by atoms with Crippen LogP contribution in [0.15, 0.2) is 17.5 Å². The van der Waals surface area contributed by atoms with Gasteiger partial charge in [0.25, 0.3) is 0 Å². The van der Waals surface area contributed by atoms with E-state index >= 15 is 0 Å². The van der Waals surface area contributed by atoms with Crippen LogP contribution >= 0.6 is 11.3 Å². The Hall–Kier alpha value is -1.24. The third-order valence-corrected chi connectivity index (χ3v) is 3.01. The van der Waals surface area contributed by atoms with Crippen LogP contribution in [0.5, 0.6) is 0 Å². The lowest BCUT2D eigenvalue weighted by atomic mass is 9.86. The van der Waals surface area contributed by atoms with Gasteiger partial charge in [-0.15, -0.1) is 11.3 Å². The van der Waals surface area contributed by atoms with Crippen molar-refractivity contribution >= 4 is 22.4 Å². The third-order valence-electron chi connectivity index (χ3n) is 2.23. The number of urea groups is 1. The lowest BCUT2D eigenvalue weighted by Gasteiger charge is -2.32. The number of halogens is 3. The summed E-state index contributed by atoms with van der Waals surface area (Å²) in [5.74, 6) is 0. The zero-order valence-electron chi connectivity index (χ0n) is 10.3. The van der Waals surface area contributed by atoms with Gasteiger partial charge < -0.3 is 5.32 Å². The van der Waals surface area contributed by atoms with E-state index in [-0.39, 0.29) is 0 Å². The van der Waals surface area contributed by atoms with E-state index in [0.29, 0.717) is 5.00 Å². The molecule has 0 aliphatic rings.